The topological polar surface area (TPSA) is 30.7 Å². The molecule has 22 heavy (non-hydrogen) atoms. The number of benzene rings is 1. The van der Waals surface area contributed by atoms with Crippen molar-refractivity contribution in [1.82, 2.24) is 15.0 Å². The lowest BCUT2D eigenvalue weighted by Crippen LogP contribution is -2.41. The van der Waals surface area contributed by atoms with E-state index in [1.807, 2.05) is 10.7 Å². The molecule has 0 aliphatic heterocycles. The van der Waals surface area contributed by atoms with Gasteiger partial charge < -0.3 is 0 Å². The Hall–Kier alpha value is -1.65. The van der Waals surface area contributed by atoms with Crippen LogP contribution in [0.1, 0.15) is 11.3 Å². The minimum atomic E-state index is -1.55. The summed E-state index contributed by atoms with van der Waals surface area (Å²) in [5.41, 5.74) is 5.72. The first-order valence-electron chi connectivity index (χ1n) is 7.68. The summed E-state index contributed by atoms with van der Waals surface area (Å²) in [6.07, 6.45) is 0. The van der Waals surface area contributed by atoms with Crippen LogP contribution in [0.3, 0.4) is 0 Å². The lowest BCUT2D eigenvalue weighted by molar-refractivity contribution is 0.644. The molecule has 5 heteroatoms. The van der Waals surface area contributed by atoms with Crippen molar-refractivity contribution in [3.63, 3.8) is 0 Å². The van der Waals surface area contributed by atoms with Crippen LogP contribution in [0.2, 0.25) is 39.3 Å². The molecule has 0 saturated heterocycles. The summed E-state index contributed by atoms with van der Waals surface area (Å²) in [4.78, 5) is 0. The molecule has 3 nitrogen and oxygen atoms in total. The molecule has 2 rings (SSSR count). The van der Waals surface area contributed by atoms with Gasteiger partial charge in [0.1, 0.15) is 21.8 Å². The number of nitrogens with zero attached hydrogens (tertiary/aromatic N) is 3. The Morgan fingerprint density at radius 3 is 2.18 bits per heavy atom. The molecule has 0 spiro atoms. The first-order valence-corrected chi connectivity index (χ1v) is 14.7. The average molecular weight is 328 g/mol. The van der Waals surface area contributed by atoms with Crippen LogP contribution in [-0.4, -0.2) is 31.1 Å². The van der Waals surface area contributed by atoms with Crippen molar-refractivity contribution in [1.29, 1.82) is 0 Å². The summed E-state index contributed by atoms with van der Waals surface area (Å²) >= 11 is 0. The highest BCUT2D eigenvalue weighted by atomic mass is 28.3. The van der Waals surface area contributed by atoms with Crippen LogP contribution in [0.25, 0.3) is 0 Å². The van der Waals surface area contributed by atoms with Crippen LogP contribution in [0, 0.1) is 11.5 Å². The van der Waals surface area contributed by atoms with E-state index in [9.17, 15) is 0 Å². The molecule has 2 aromatic rings. The van der Waals surface area contributed by atoms with Crippen molar-refractivity contribution in [2.24, 2.45) is 0 Å². The van der Waals surface area contributed by atoms with Gasteiger partial charge in [0.2, 0.25) is 0 Å². The van der Waals surface area contributed by atoms with Gasteiger partial charge in [-0.1, -0.05) is 80.7 Å². The third-order valence-electron chi connectivity index (χ3n) is 3.18. The van der Waals surface area contributed by atoms with E-state index in [2.05, 4.69) is 85.3 Å². The third-order valence-corrected chi connectivity index (χ3v) is 5.81. The smallest absolute Gasteiger partial charge is 0.129 e. The van der Waals surface area contributed by atoms with E-state index in [0.717, 1.165) is 17.6 Å². The van der Waals surface area contributed by atoms with Crippen molar-refractivity contribution in [3.05, 3.63) is 41.6 Å². The van der Waals surface area contributed by atoms with Gasteiger partial charge >= 0.3 is 0 Å². The summed E-state index contributed by atoms with van der Waals surface area (Å²) < 4.78 is 1.97. The van der Waals surface area contributed by atoms with E-state index >= 15 is 0 Å². The maximum Gasteiger partial charge on any atom is 0.129 e. The molecule has 0 amide bonds. The fourth-order valence-corrected chi connectivity index (χ4v) is 3.80. The van der Waals surface area contributed by atoms with Gasteiger partial charge in [-0.15, -0.1) is 10.6 Å². The molecule has 0 saturated carbocycles. The second-order valence-electron chi connectivity index (χ2n) is 7.68. The summed E-state index contributed by atoms with van der Waals surface area (Å²) in [5.74, 6) is 3.41. The molecule has 1 aromatic carbocycles. The van der Waals surface area contributed by atoms with Gasteiger partial charge in [0.05, 0.1) is 11.9 Å². The Morgan fingerprint density at radius 2 is 1.64 bits per heavy atom. The highest BCUT2D eigenvalue weighted by Gasteiger charge is 2.26. The lowest BCUT2D eigenvalue weighted by Gasteiger charge is -2.13. The number of aromatic nitrogens is 3. The Kier molecular flexibility index (Phi) is 4.73. The monoisotopic (exact) mass is 327 g/mol. The zero-order valence-corrected chi connectivity index (χ0v) is 16.4. The average Bonchev–Trinajstić information content (AvgIpc) is 2.79. The van der Waals surface area contributed by atoms with E-state index in [0.29, 0.717) is 0 Å². The Labute approximate surface area is 135 Å². The van der Waals surface area contributed by atoms with Crippen molar-refractivity contribution >= 4 is 21.5 Å². The fourth-order valence-electron chi connectivity index (χ4n) is 2.06. The van der Waals surface area contributed by atoms with Crippen LogP contribution in [-0.2, 0) is 6.54 Å². The number of hydrogen-bond acceptors (Lipinski definition) is 2. The van der Waals surface area contributed by atoms with Gasteiger partial charge in [0.15, 0.2) is 0 Å². The minimum absolute atomic E-state index is 0.730. The number of hydrogen-bond donors (Lipinski definition) is 0. The first-order chi connectivity index (χ1) is 10.2. The SMILES string of the molecule is C[Si](C)(C)C#Cc1c([Si](C)(C)C)nnn1Cc1ccccc1. The van der Waals surface area contributed by atoms with Gasteiger partial charge in [0, 0.05) is 0 Å². The normalized spacial score (nSPS) is 11.9. The molecule has 0 bridgehead atoms. The molecule has 0 aliphatic carbocycles. The first kappa shape index (κ1) is 16.7. The second kappa shape index (κ2) is 6.23. The summed E-state index contributed by atoms with van der Waals surface area (Å²) in [5, 5.41) is 9.98. The quantitative estimate of drug-likeness (QED) is 0.640. The zero-order chi connectivity index (χ0) is 16.4. The van der Waals surface area contributed by atoms with Crippen LogP contribution in [0.15, 0.2) is 30.3 Å². The highest BCUT2D eigenvalue weighted by molar-refractivity contribution is 6.88. The number of rotatable bonds is 3. The summed E-state index contributed by atoms with van der Waals surface area (Å²) in [7, 11) is -2.98. The fraction of sp³-hybridized carbons (Fsp3) is 0.412. The van der Waals surface area contributed by atoms with Gasteiger partial charge in [-0.2, -0.15) is 0 Å². The molecule has 0 radical (unpaired) electrons. The van der Waals surface area contributed by atoms with Crippen molar-refractivity contribution < 1.29 is 0 Å². The maximum absolute atomic E-state index is 4.47. The highest BCUT2D eigenvalue weighted by Crippen LogP contribution is 2.08. The van der Waals surface area contributed by atoms with Crippen LogP contribution < -0.4 is 5.32 Å². The summed E-state index contributed by atoms with van der Waals surface area (Å²) in [6.45, 7) is 14.4. The molecule has 0 fully saturated rings. The third kappa shape index (κ3) is 4.42. The van der Waals surface area contributed by atoms with E-state index in [1.165, 1.54) is 5.56 Å². The summed E-state index contributed by atoms with van der Waals surface area (Å²) in [6, 6.07) is 10.4. The molecular formula is C17H25N3Si2. The largest absolute Gasteiger partial charge is 0.233 e. The van der Waals surface area contributed by atoms with Crippen LogP contribution in [0.4, 0.5) is 0 Å². The molecular weight excluding hydrogens is 302 g/mol. The second-order valence-corrected chi connectivity index (χ2v) is 17.4. The van der Waals surface area contributed by atoms with Gasteiger partial charge in [-0.05, 0) is 5.56 Å². The van der Waals surface area contributed by atoms with E-state index in [4.69, 9.17) is 0 Å². The van der Waals surface area contributed by atoms with Crippen LogP contribution >= 0.6 is 0 Å². The Balaban J connectivity index is 2.46. The zero-order valence-electron chi connectivity index (χ0n) is 14.4. The van der Waals surface area contributed by atoms with Crippen LogP contribution in [0.5, 0.6) is 0 Å². The van der Waals surface area contributed by atoms with Gasteiger partial charge in [-0.3, -0.25) is 0 Å². The predicted octanol–water partition coefficient (Wildman–Crippen LogP) is 3.10. The molecule has 0 atom stereocenters. The van der Waals surface area contributed by atoms with Crippen molar-refractivity contribution in [2.75, 3.05) is 0 Å². The van der Waals surface area contributed by atoms with Crippen molar-refractivity contribution in [3.8, 4) is 11.5 Å². The maximum atomic E-state index is 4.47. The predicted molar refractivity (Wildman–Crippen MR) is 98.8 cm³/mol. The Morgan fingerprint density at radius 1 is 1.00 bits per heavy atom. The molecule has 1 aromatic heterocycles. The van der Waals surface area contributed by atoms with Gasteiger partial charge in [-0.25, -0.2) is 4.68 Å². The Bertz CT molecular complexity index is 695. The lowest BCUT2D eigenvalue weighted by atomic mass is 10.2. The van der Waals surface area contributed by atoms with E-state index in [1.54, 1.807) is 0 Å². The molecule has 1 heterocycles. The standard InChI is InChI=1S/C17H25N3Si2/c1-21(2,3)13-12-16-17(22(4,5)6)18-19-20(16)14-15-10-8-7-9-11-15/h7-11H,14H2,1-6H3. The minimum Gasteiger partial charge on any atom is -0.233 e. The van der Waals surface area contributed by atoms with E-state index in [-0.39, 0.29) is 0 Å². The molecule has 0 N–H and O–H groups in total. The molecule has 0 unspecified atom stereocenters. The van der Waals surface area contributed by atoms with Gasteiger partial charge in [0.25, 0.3) is 0 Å². The molecule has 0 aliphatic rings. The van der Waals surface area contributed by atoms with Crippen molar-refractivity contribution in [2.45, 2.75) is 45.8 Å². The molecule has 116 valence electrons. The van der Waals surface area contributed by atoms with E-state index < -0.39 is 16.1 Å².